The summed E-state index contributed by atoms with van der Waals surface area (Å²) in [5.74, 6) is -1.23. The average molecular weight is 229 g/mol. The standard InChI is InChI=1S/C11H19NO4/c1-7(2)6-16-12-10(13)8-3-4-9(5-8)11(14)15/h7-9H,3-6H2,1-2H3,(H,12,13)(H,14,15)/t8-,9+/m1/s1. The van der Waals surface area contributed by atoms with E-state index in [2.05, 4.69) is 5.48 Å². The molecule has 0 radical (unpaired) electrons. The third-order valence-electron chi connectivity index (χ3n) is 2.74. The molecule has 0 aliphatic heterocycles. The first-order valence-corrected chi connectivity index (χ1v) is 5.65. The van der Waals surface area contributed by atoms with E-state index in [9.17, 15) is 9.59 Å². The fraction of sp³-hybridized carbons (Fsp3) is 0.818. The Bertz CT molecular complexity index is 265. The van der Waals surface area contributed by atoms with Gasteiger partial charge in [0, 0.05) is 5.92 Å². The van der Waals surface area contributed by atoms with Crippen LogP contribution in [0.4, 0.5) is 0 Å². The first kappa shape index (κ1) is 13.0. The van der Waals surface area contributed by atoms with Crippen molar-refractivity contribution in [2.45, 2.75) is 33.1 Å². The monoisotopic (exact) mass is 229 g/mol. The number of amides is 1. The van der Waals surface area contributed by atoms with Gasteiger partial charge in [-0.1, -0.05) is 13.8 Å². The summed E-state index contributed by atoms with van der Waals surface area (Å²) in [6.07, 6.45) is 1.64. The van der Waals surface area contributed by atoms with E-state index >= 15 is 0 Å². The summed E-state index contributed by atoms with van der Waals surface area (Å²) in [7, 11) is 0. The molecule has 0 heterocycles. The predicted molar refractivity (Wildman–Crippen MR) is 57.4 cm³/mol. The average Bonchev–Trinajstić information content (AvgIpc) is 2.65. The van der Waals surface area contributed by atoms with Crippen molar-refractivity contribution in [2.24, 2.45) is 17.8 Å². The van der Waals surface area contributed by atoms with Crippen molar-refractivity contribution >= 4 is 11.9 Å². The highest BCUT2D eigenvalue weighted by atomic mass is 16.6. The Morgan fingerprint density at radius 1 is 1.38 bits per heavy atom. The molecule has 1 aliphatic carbocycles. The van der Waals surface area contributed by atoms with Crippen LogP contribution in [0.1, 0.15) is 33.1 Å². The summed E-state index contributed by atoms with van der Waals surface area (Å²) in [5.41, 5.74) is 2.38. The van der Waals surface area contributed by atoms with E-state index < -0.39 is 5.97 Å². The molecule has 1 saturated carbocycles. The minimum Gasteiger partial charge on any atom is -0.481 e. The van der Waals surface area contributed by atoms with Crippen LogP contribution < -0.4 is 5.48 Å². The molecule has 1 fully saturated rings. The molecule has 0 bridgehead atoms. The maximum Gasteiger partial charge on any atom is 0.306 e. The number of aliphatic carboxylic acids is 1. The van der Waals surface area contributed by atoms with E-state index in [1.807, 2.05) is 13.8 Å². The molecule has 1 amide bonds. The number of carbonyl (C=O) groups is 2. The van der Waals surface area contributed by atoms with Gasteiger partial charge in [-0.05, 0) is 25.2 Å². The number of rotatable bonds is 5. The van der Waals surface area contributed by atoms with Crippen LogP contribution in [-0.2, 0) is 14.4 Å². The topological polar surface area (TPSA) is 75.6 Å². The van der Waals surface area contributed by atoms with Crippen molar-refractivity contribution < 1.29 is 19.5 Å². The summed E-state index contributed by atoms with van der Waals surface area (Å²) in [6, 6.07) is 0. The zero-order valence-corrected chi connectivity index (χ0v) is 9.73. The van der Waals surface area contributed by atoms with Gasteiger partial charge in [0.1, 0.15) is 0 Å². The van der Waals surface area contributed by atoms with Gasteiger partial charge in [0.2, 0.25) is 5.91 Å². The van der Waals surface area contributed by atoms with Gasteiger partial charge in [0.25, 0.3) is 0 Å². The maximum absolute atomic E-state index is 11.6. The lowest BCUT2D eigenvalue weighted by molar-refractivity contribution is -0.142. The van der Waals surface area contributed by atoms with E-state index in [0.717, 1.165) is 0 Å². The number of carbonyl (C=O) groups excluding carboxylic acids is 1. The molecular weight excluding hydrogens is 210 g/mol. The normalized spacial score (nSPS) is 24.7. The molecule has 0 unspecified atom stereocenters. The highest BCUT2D eigenvalue weighted by Crippen LogP contribution is 2.30. The Labute approximate surface area is 95.1 Å². The van der Waals surface area contributed by atoms with Crippen LogP contribution >= 0.6 is 0 Å². The van der Waals surface area contributed by atoms with Crippen LogP contribution in [0.25, 0.3) is 0 Å². The van der Waals surface area contributed by atoms with Crippen molar-refractivity contribution in [3.8, 4) is 0 Å². The first-order valence-electron chi connectivity index (χ1n) is 5.65. The maximum atomic E-state index is 11.6. The van der Waals surface area contributed by atoms with Gasteiger partial charge in [-0.2, -0.15) is 0 Å². The highest BCUT2D eigenvalue weighted by molar-refractivity contribution is 5.80. The van der Waals surface area contributed by atoms with Gasteiger partial charge in [-0.15, -0.1) is 0 Å². The molecule has 5 nitrogen and oxygen atoms in total. The van der Waals surface area contributed by atoms with E-state index in [1.165, 1.54) is 0 Å². The number of nitrogens with one attached hydrogen (secondary N) is 1. The van der Waals surface area contributed by atoms with Gasteiger partial charge in [0.05, 0.1) is 12.5 Å². The largest absolute Gasteiger partial charge is 0.481 e. The van der Waals surface area contributed by atoms with Gasteiger partial charge >= 0.3 is 5.97 Å². The molecule has 92 valence electrons. The first-order chi connectivity index (χ1) is 7.50. The summed E-state index contributed by atoms with van der Waals surface area (Å²) >= 11 is 0. The number of hydroxylamine groups is 1. The van der Waals surface area contributed by atoms with Gasteiger partial charge in [-0.25, -0.2) is 5.48 Å². The molecule has 0 spiro atoms. The second kappa shape index (κ2) is 5.84. The van der Waals surface area contributed by atoms with Crippen LogP contribution in [-0.4, -0.2) is 23.6 Å². The smallest absolute Gasteiger partial charge is 0.306 e. The van der Waals surface area contributed by atoms with Gasteiger partial charge in [0.15, 0.2) is 0 Å². The molecule has 0 aromatic heterocycles. The third-order valence-corrected chi connectivity index (χ3v) is 2.74. The Balaban J connectivity index is 2.26. The number of hydrogen-bond acceptors (Lipinski definition) is 3. The lowest BCUT2D eigenvalue weighted by Crippen LogP contribution is -2.31. The van der Waals surface area contributed by atoms with Crippen LogP contribution in [0, 0.1) is 17.8 Å². The second-order valence-corrected chi connectivity index (χ2v) is 4.72. The Morgan fingerprint density at radius 2 is 2.00 bits per heavy atom. The minimum atomic E-state index is -0.807. The highest BCUT2D eigenvalue weighted by Gasteiger charge is 2.33. The minimum absolute atomic E-state index is 0.190. The number of hydrogen-bond donors (Lipinski definition) is 2. The molecule has 0 aromatic rings. The molecule has 1 aliphatic rings. The summed E-state index contributed by atoms with van der Waals surface area (Å²) in [5, 5.41) is 8.80. The summed E-state index contributed by atoms with van der Waals surface area (Å²) < 4.78 is 0. The van der Waals surface area contributed by atoms with E-state index in [0.29, 0.717) is 31.8 Å². The molecule has 5 heteroatoms. The van der Waals surface area contributed by atoms with Crippen molar-refractivity contribution in [3.05, 3.63) is 0 Å². The van der Waals surface area contributed by atoms with E-state index in [1.54, 1.807) is 0 Å². The number of carboxylic acid groups (broad SMARTS) is 1. The molecule has 2 N–H and O–H groups in total. The van der Waals surface area contributed by atoms with Crippen molar-refractivity contribution in [1.82, 2.24) is 5.48 Å². The lowest BCUT2D eigenvalue weighted by atomic mass is 10.1. The quantitative estimate of drug-likeness (QED) is 0.694. The molecular formula is C11H19NO4. The van der Waals surface area contributed by atoms with Crippen molar-refractivity contribution in [3.63, 3.8) is 0 Å². The zero-order chi connectivity index (χ0) is 12.1. The number of carboxylic acids is 1. The fourth-order valence-corrected chi connectivity index (χ4v) is 1.81. The molecule has 0 aromatic carbocycles. The van der Waals surface area contributed by atoms with Crippen LogP contribution in [0.3, 0.4) is 0 Å². The zero-order valence-electron chi connectivity index (χ0n) is 9.73. The Morgan fingerprint density at radius 3 is 2.50 bits per heavy atom. The molecule has 16 heavy (non-hydrogen) atoms. The Hall–Kier alpha value is -1.10. The molecule has 2 atom stereocenters. The third kappa shape index (κ3) is 3.81. The molecule has 0 saturated heterocycles. The van der Waals surface area contributed by atoms with Crippen molar-refractivity contribution in [2.75, 3.05) is 6.61 Å². The van der Waals surface area contributed by atoms with Gasteiger partial charge < -0.3 is 5.11 Å². The van der Waals surface area contributed by atoms with Crippen LogP contribution in [0.5, 0.6) is 0 Å². The Kier molecular flexibility index (Phi) is 4.73. The summed E-state index contributed by atoms with van der Waals surface area (Å²) in [4.78, 5) is 27.3. The van der Waals surface area contributed by atoms with Crippen molar-refractivity contribution in [1.29, 1.82) is 0 Å². The van der Waals surface area contributed by atoms with Crippen LogP contribution in [0.15, 0.2) is 0 Å². The van der Waals surface area contributed by atoms with E-state index in [-0.39, 0.29) is 17.7 Å². The SMILES string of the molecule is CC(C)CONC(=O)[C@@H]1CC[C@H](C(=O)O)C1. The summed E-state index contributed by atoms with van der Waals surface area (Å²) in [6.45, 7) is 4.45. The molecule has 1 rings (SSSR count). The predicted octanol–water partition coefficient (Wildman–Crippen LogP) is 1.19. The fourth-order valence-electron chi connectivity index (χ4n) is 1.81. The van der Waals surface area contributed by atoms with Gasteiger partial charge in [-0.3, -0.25) is 14.4 Å². The van der Waals surface area contributed by atoms with Crippen LogP contribution in [0.2, 0.25) is 0 Å². The van der Waals surface area contributed by atoms with E-state index in [4.69, 9.17) is 9.94 Å². The second-order valence-electron chi connectivity index (χ2n) is 4.72. The lowest BCUT2D eigenvalue weighted by Gasteiger charge is -2.11.